The van der Waals surface area contributed by atoms with E-state index in [1.807, 2.05) is 44.0 Å². The van der Waals surface area contributed by atoms with Crippen LogP contribution >= 0.6 is 11.5 Å². The van der Waals surface area contributed by atoms with Crippen molar-refractivity contribution < 1.29 is 18.3 Å². The summed E-state index contributed by atoms with van der Waals surface area (Å²) >= 11 is 1.14. The molecule has 226 valence electrons. The number of nitrogens with zero attached hydrogens (tertiary/aromatic N) is 2. The Kier molecular flexibility index (Phi) is 8.48. The van der Waals surface area contributed by atoms with Crippen LogP contribution in [0.2, 0.25) is 0 Å². The van der Waals surface area contributed by atoms with E-state index in [2.05, 4.69) is 51.4 Å². The zero-order chi connectivity index (χ0) is 30.9. The maximum atomic E-state index is 13.3. The summed E-state index contributed by atoms with van der Waals surface area (Å²) in [6, 6.07) is 17.7. The normalized spacial score (nSPS) is 13.8. The maximum absolute atomic E-state index is 13.3. The SMILES string of the molecule is CCN1NNc2c1ccc([C@H](c1ccc(C)c(CNS(=O)(=O)c3ccccc3O)c1)C(C)(C)NC(=O)c1ccns1)c2C. The second-order valence-corrected chi connectivity index (χ2v) is 13.7. The summed E-state index contributed by atoms with van der Waals surface area (Å²) in [5, 5.41) is 15.4. The van der Waals surface area contributed by atoms with Gasteiger partial charge in [-0.3, -0.25) is 9.80 Å². The van der Waals surface area contributed by atoms with Crippen LogP contribution in [0.5, 0.6) is 5.75 Å². The van der Waals surface area contributed by atoms with E-state index in [0.29, 0.717) is 4.88 Å². The number of amides is 1. The van der Waals surface area contributed by atoms with Gasteiger partial charge in [0.2, 0.25) is 10.0 Å². The van der Waals surface area contributed by atoms with Gasteiger partial charge in [-0.25, -0.2) is 17.5 Å². The van der Waals surface area contributed by atoms with Crippen LogP contribution in [0.15, 0.2) is 71.8 Å². The molecule has 0 saturated heterocycles. The van der Waals surface area contributed by atoms with Crippen molar-refractivity contribution in [3.05, 3.63) is 99.6 Å². The van der Waals surface area contributed by atoms with Gasteiger partial charge < -0.3 is 15.8 Å². The highest BCUT2D eigenvalue weighted by atomic mass is 32.2. The third-order valence-electron chi connectivity index (χ3n) is 7.85. The highest BCUT2D eigenvalue weighted by molar-refractivity contribution is 7.89. The average Bonchev–Trinajstić information content (AvgIpc) is 3.65. The van der Waals surface area contributed by atoms with Crippen LogP contribution in [0.3, 0.4) is 0 Å². The number of anilines is 2. The molecule has 1 atom stereocenters. The van der Waals surface area contributed by atoms with Crippen molar-refractivity contribution in [3.63, 3.8) is 0 Å². The topological polar surface area (TPSA) is 136 Å². The van der Waals surface area contributed by atoms with Gasteiger partial charge in [-0.05, 0) is 98.2 Å². The highest BCUT2D eigenvalue weighted by Gasteiger charge is 2.37. The number of para-hydroxylation sites is 1. The molecule has 43 heavy (non-hydrogen) atoms. The second-order valence-electron chi connectivity index (χ2n) is 11.1. The first-order valence-corrected chi connectivity index (χ1v) is 16.2. The molecule has 0 radical (unpaired) electrons. The van der Waals surface area contributed by atoms with Crippen molar-refractivity contribution in [3.8, 4) is 5.75 Å². The highest BCUT2D eigenvalue weighted by Crippen LogP contribution is 2.43. The average molecular weight is 621 g/mol. The van der Waals surface area contributed by atoms with Gasteiger partial charge in [0.15, 0.2) is 0 Å². The second kappa shape index (κ2) is 12.0. The number of hydrogen-bond donors (Lipinski definition) is 5. The van der Waals surface area contributed by atoms with Gasteiger partial charge in [0.1, 0.15) is 15.5 Å². The van der Waals surface area contributed by atoms with Crippen LogP contribution in [0.25, 0.3) is 0 Å². The van der Waals surface area contributed by atoms with Crippen LogP contribution in [-0.2, 0) is 16.6 Å². The minimum absolute atomic E-state index is 0.0246. The predicted octanol–water partition coefficient (Wildman–Crippen LogP) is 4.96. The molecule has 4 aromatic rings. The van der Waals surface area contributed by atoms with E-state index in [-0.39, 0.29) is 29.0 Å². The molecular weight excluding hydrogens is 585 g/mol. The predicted molar refractivity (Wildman–Crippen MR) is 170 cm³/mol. The molecule has 1 aromatic heterocycles. The number of carbonyl (C=O) groups is 1. The molecule has 0 aliphatic carbocycles. The van der Waals surface area contributed by atoms with Gasteiger partial charge in [-0.1, -0.05) is 36.4 Å². The fourth-order valence-corrected chi connectivity index (χ4v) is 7.18. The lowest BCUT2D eigenvalue weighted by molar-refractivity contribution is 0.0910. The van der Waals surface area contributed by atoms with Gasteiger partial charge >= 0.3 is 0 Å². The van der Waals surface area contributed by atoms with Crippen molar-refractivity contribution in [2.75, 3.05) is 17.0 Å². The first-order valence-electron chi connectivity index (χ1n) is 14.0. The number of nitrogens with one attached hydrogen (secondary N) is 4. The van der Waals surface area contributed by atoms with Crippen molar-refractivity contribution in [1.82, 2.24) is 19.9 Å². The Balaban J connectivity index is 1.55. The number of hydrogen-bond acceptors (Lipinski definition) is 9. The number of fused-ring (bicyclic) bond motifs is 1. The molecule has 12 heteroatoms. The van der Waals surface area contributed by atoms with Crippen LogP contribution < -0.4 is 26.0 Å². The zero-order valence-electron chi connectivity index (χ0n) is 24.7. The van der Waals surface area contributed by atoms with Crippen LogP contribution in [0.1, 0.15) is 64.2 Å². The molecule has 0 unspecified atom stereocenters. The molecule has 3 aromatic carbocycles. The molecule has 1 aliphatic heterocycles. The molecule has 1 aliphatic rings. The quantitative estimate of drug-likeness (QED) is 0.168. The number of sulfonamides is 1. The summed E-state index contributed by atoms with van der Waals surface area (Å²) in [5.41, 5.74) is 12.4. The molecule has 0 spiro atoms. The van der Waals surface area contributed by atoms with Crippen molar-refractivity contribution in [1.29, 1.82) is 0 Å². The summed E-state index contributed by atoms with van der Waals surface area (Å²) in [4.78, 5) is 13.6. The lowest BCUT2D eigenvalue weighted by Crippen LogP contribution is -2.48. The van der Waals surface area contributed by atoms with E-state index < -0.39 is 15.6 Å². The molecule has 0 bridgehead atoms. The number of aromatic hydroxyl groups is 1. The standard InChI is InChI=1S/C31H36N6O4S2/c1-6-37-24-14-13-23(20(3)29(24)35-36-37)28(31(4,5)34-30(39)26-15-16-32-42-26)21-12-11-19(2)22(17-21)18-33-43(40,41)27-10-8-7-9-25(27)38/h7-17,28,33,35-36,38H,6,18H2,1-5H3,(H,34,39)/t28-/m0/s1. The smallest absolute Gasteiger partial charge is 0.263 e. The molecule has 10 nitrogen and oxygen atoms in total. The van der Waals surface area contributed by atoms with E-state index in [9.17, 15) is 18.3 Å². The third-order valence-corrected chi connectivity index (χ3v) is 10.0. The van der Waals surface area contributed by atoms with Gasteiger partial charge in [-0.2, -0.15) is 0 Å². The fraction of sp³-hybridized carbons (Fsp3) is 0.290. The lowest BCUT2D eigenvalue weighted by Gasteiger charge is -2.37. The van der Waals surface area contributed by atoms with E-state index in [1.165, 1.54) is 12.1 Å². The summed E-state index contributed by atoms with van der Waals surface area (Å²) in [6.45, 7) is 10.8. The van der Waals surface area contributed by atoms with Gasteiger partial charge in [0, 0.05) is 30.7 Å². The van der Waals surface area contributed by atoms with Gasteiger partial charge in [0.25, 0.3) is 5.91 Å². The number of phenolic OH excluding ortho intramolecular Hbond substituents is 1. The molecular formula is C31H36N6O4S2. The van der Waals surface area contributed by atoms with Gasteiger partial charge in [-0.15, -0.1) is 5.53 Å². The first-order chi connectivity index (χ1) is 20.4. The van der Waals surface area contributed by atoms with Crippen LogP contribution in [0.4, 0.5) is 11.4 Å². The maximum Gasteiger partial charge on any atom is 0.263 e. The number of aryl methyl sites for hydroxylation is 1. The lowest BCUT2D eigenvalue weighted by atomic mass is 9.74. The molecule has 5 rings (SSSR count). The van der Waals surface area contributed by atoms with Crippen LogP contribution in [0, 0.1) is 13.8 Å². The van der Waals surface area contributed by atoms with E-state index in [1.54, 1.807) is 24.4 Å². The minimum atomic E-state index is -3.96. The number of hydrazine groups is 2. The number of rotatable bonds is 10. The van der Waals surface area contributed by atoms with Crippen molar-refractivity contribution in [2.45, 2.75) is 57.5 Å². The zero-order valence-corrected chi connectivity index (χ0v) is 26.4. The molecule has 5 N–H and O–H groups in total. The largest absolute Gasteiger partial charge is 0.507 e. The Morgan fingerprint density at radius 1 is 1.12 bits per heavy atom. The van der Waals surface area contributed by atoms with E-state index in [4.69, 9.17) is 0 Å². The Morgan fingerprint density at radius 2 is 1.88 bits per heavy atom. The van der Waals surface area contributed by atoms with Crippen molar-refractivity contribution >= 4 is 38.8 Å². The number of carbonyl (C=O) groups excluding carboxylic acids is 1. The first kappa shape index (κ1) is 30.5. The number of phenols is 1. The van der Waals surface area contributed by atoms with Crippen LogP contribution in [-0.4, -0.2) is 35.9 Å². The third kappa shape index (κ3) is 6.09. The summed E-state index contributed by atoms with van der Waals surface area (Å²) in [7, 11) is -3.96. The summed E-state index contributed by atoms with van der Waals surface area (Å²) in [6.07, 6.45) is 1.61. The molecule has 2 heterocycles. The Hall–Kier alpha value is -3.97. The Morgan fingerprint density at radius 3 is 2.58 bits per heavy atom. The summed E-state index contributed by atoms with van der Waals surface area (Å²) < 4.78 is 32.8. The van der Waals surface area contributed by atoms with E-state index >= 15 is 0 Å². The number of benzene rings is 3. The Labute approximate surface area is 256 Å². The Bertz CT molecular complexity index is 1760. The van der Waals surface area contributed by atoms with Gasteiger partial charge in [0.05, 0.1) is 11.4 Å². The molecule has 0 fully saturated rings. The fourth-order valence-electron chi connectivity index (χ4n) is 5.58. The summed E-state index contributed by atoms with van der Waals surface area (Å²) in [5.74, 6) is -0.826. The monoisotopic (exact) mass is 620 g/mol. The van der Waals surface area contributed by atoms with Crippen molar-refractivity contribution in [2.24, 2.45) is 0 Å². The molecule has 1 amide bonds. The minimum Gasteiger partial charge on any atom is -0.507 e. The molecule has 0 saturated carbocycles. The number of aromatic nitrogens is 1. The van der Waals surface area contributed by atoms with E-state index in [0.717, 1.165) is 57.3 Å².